The van der Waals surface area contributed by atoms with Crippen molar-refractivity contribution in [1.82, 2.24) is 9.97 Å². The summed E-state index contributed by atoms with van der Waals surface area (Å²) in [6.07, 6.45) is 2.33. The molecule has 2 aromatic heterocycles. The van der Waals surface area contributed by atoms with Gasteiger partial charge in [0.1, 0.15) is 5.82 Å². The molecule has 5 rings (SSSR count). The van der Waals surface area contributed by atoms with Gasteiger partial charge in [-0.15, -0.1) is 0 Å². The van der Waals surface area contributed by atoms with Gasteiger partial charge in [-0.3, -0.25) is 4.79 Å². The number of anilines is 3. The molecule has 0 aliphatic carbocycles. The van der Waals surface area contributed by atoms with Crippen LogP contribution in [0.15, 0.2) is 30.5 Å². The van der Waals surface area contributed by atoms with Crippen molar-refractivity contribution in [2.24, 2.45) is 11.7 Å². The van der Waals surface area contributed by atoms with Gasteiger partial charge in [-0.2, -0.15) is 4.98 Å². The van der Waals surface area contributed by atoms with Crippen LogP contribution in [0, 0.1) is 11.7 Å². The zero-order valence-electron chi connectivity index (χ0n) is 19.6. The van der Waals surface area contributed by atoms with Crippen molar-refractivity contribution in [3.8, 4) is 0 Å². The van der Waals surface area contributed by atoms with Crippen LogP contribution < -0.4 is 20.9 Å². The molecular formula is C24H27FN6O4S. The maximum absolute atomic E-state index is 14.4. The molecular weight excluding hydrogens is 487 g/mol. The van der Waals surface area contributed by atoms with Gasteiger partial charge in [-0.1, -0.05) is 11.3 Å². The molecule has 0 unspecified atom stereocenters. The fourth-order valence-corrected chi connectivity index (χ4v) is 5.43. The molecule has 2 saturated heterocycles. The van der Waals surface area contributed by atoms with Crippen LogP contribution >= 0.6 is 11.3 Å². The number of thiazole rings is 1. The Balaban J connectivity index is 1.25. The Hall–Kier alpha value is -3.51. The largest absolute Gasteiger partial charge is 0.449 e. The van der Waals surface area contributed by atoms with E-state index in [2.05, 4.69) is 20.2 Å². The molecule has 0 radical (unpaired) electrons. The molecule has 0 saturated carbocycles. The van der Waals surface area contributed by atoms with Gasteiger partial charge in [-0.25, -0.2) is 14.2 Å². The highest BCUT2D eigenvalue weighted by atomic mass is 32.1. The Morgan fingerprint density at radius 3 is 2.67 bits per heavy atom. The Labute approximate surface area is 211 Å². The first kappa shape index (κ1) is 24.2. The number of fused-ring (bicyclic) bond motifs is 1. The second kappa shape index (κ2) is 10.6. The number of benzene rings is 1. The van der Waals surface area contributed by atoms with Crippen molar-refractivity contribution in [2.45, 2.75) is 12.8 Å². The third kappa shape index (κ3) is 5.65. The minimum Gasteiger partial charge on any atom is -0.449 e. The van der Waals surface area contributed by atoms with Crippen LogP contribution in [-0.2, 0) is 9.47 Å². The first-order valence-electron chi connectivity index (χ1n) is 11.8. The fourth-order valence-electron chi connectivity index (χ4n) is 4.42. The molecule has 0 atom stereocenters. The number of hydrogen-bond donors (Lipinski definition) is 2. The van der Waals surface area contributed by atoms with Crippen molar-refractivity contribution >= 4 is 50.2 Å². The average molecular weight is 515 g/mol. The summed E-state index contributed by atoms with van der Waals surface area (Å²) in [6.45, 7) is 4.51. The number of amides is 2. The number of ether oxygens (including phenoxy) is 2. The predicted molar refractivity (Wildman–Crippen MR) is 135 cm³/mol. The highest BCUT2D eigenvalue weighted by Gasteiger charge is 2.22. The molecule has 0 bridgehead atoms. The minimum absolute atomic E-state index is 0.211. The van der Waals surface area contributed by atoms with Gasteiger partial charge in [0.05, 0.1) is 36.4 Å². The van der Waals surface area contributed by atoms with E-state index >= 15 is 0 Å². The topological polar surface area (TPSA) is 123 Å². The number of halogens is 1. The number of nitrogens with two attached hydrogens (primary N) is 1. The summed E-state index contributed by atoms with van der Waals surface area (Å²) >= 11 is 1.51. The van der Waals surface area contributed by atoms with E-state index in [0.29, 0.717) is 43.3 Å². The molecule has 2 amide bonds. The predicted octanol–water partition coefficient (Wildman–Crippen LogP) is 3.23. The highest BCUT2D eigenvalue weighted by Crippen LogP contribution is 2.30. The summed E-state index contributed by atoms with van der Waals surface area (Å²) in [7, 11) is 0. The number of rotatable bonds is 6. The van der Waals surface area contributed by atoms with Crippen molar-refractivity contribution in [1.29, 1.82) is 0 Å². The Morgan fingerprint density at radius 2 is 1.92 bits per heavy atom. The van der Waals surface area contributed by atoms with Crippen molar-refractivity contribution in [2.75, 3.05) is 61.1 Å². The number of nitrogens with one attached hydrogen (secondary N) is 1. The fraction of sp³-hybridized carbons (Fsp3) is 0.417. The Kier molecular flexibility index (Phi) is 7.14. The molecule has 12 heteroatoms. The van der Waals surface area contributed by atoms with Crippen LogP contribution in [0.5, 0.6) is 0 Å². The average Bonchev–Trinajstić information content (AvgIpc) is 3.31. The van der Waals surface area contributed by atoms with E-state index in [4.69, 9.17) is 15.2 Å². The molecule has 1 aromatic carbocycles. The Bertz CT molecular complexity index is 1260. The first-order chi connectivity index (χ1) is 17.4. The van der Waals surface area contributed by atoms with E-state index in [-0.39, 0.29) is 18.1 Å². The van der Waals surface area contributed by atoms with Gasteiger partial charge in [0.25, 0.3) is 5.91 Å². The van der Waals surface area contributed by atoms with Crippen LogP contribution in [-0.4, -0.2) is 68.0 Å². The number of aromatic nitrogens is 2. The van der Waals surface area contributed by atoms with Gasteiger partial charge in [0.15, 0.2) is 10.8 Å². The van der Waals surface area contributed by atoms with Gasteiger partial charge >= 0.3 is 6.09 Å². The molecule has 2 fully saturated rings. The van der Waals surface area contributed by atoms with Gasteiger partial charge in [-0.05, 0) is 43.0 Å². The molecule has 3 N–H and O–H groups in total. The van der Waals surface area contributed by atoms with Crippen LogP contribution in [0.4, 0.5) is 25.7 Å². The van der Waals surface area contributed by atoms with E-state index in [1.54, 1.807) is 12.3 Å². The zero-order valence-corrected chi connectivity index (χ0v) is 20.4. The van der Waals surface area contributed by atoms with E-state index < -0.39 is 17.8 Å². The summed E-state index contributed by atoms with van der Waals surface area (Å²) in [6, 6.07) is 6.17. The second-order valence-electron chi connectivity index (χ2n) is 8.85. The number of piperidine rings is 1. The Morgan fingerprint density at radius 1 is 1.14 bits per heavy atom. The lowest BCUT2D eigenvalue weighted by molar-refractivity contribution is 0.102. The normalized spacial score (nSPS) is 16.8. The summed E-state index contributed by atoms with van der Waals surface area (Å²) in [5.74, 6) is -0.689. The summed E-state index contributed by atoms with van der Waals surface area (Å²) in [4.78, 5) is 37.0. The third-order valence-electron chi connectivity index (χ3n) is 6.36. The molecule has 0 spiro atoms. The van der Waals surface area contributed by atoms with Crippen molar-refractivity contribution in [3.05, 3.63) is 41.8 Å². The molecule has 4 heterocycles. The SMILES string of the molecule is NC(=O)OCC1CCN(c2cc(F)cc(C(=O)Nc3cnc4nc(N5CCOCC5)sc4c3)c2)CC1. The lowest BCUT2D eigenvalue weighted by atomic mass is 9.97. The van der Waals surface area contributed by atoms with Crippen LogP contribution in [0.25, 0.3) is 10.3 Å². The maximum atomic E-state index is 14.4. The van der Waals surface area contributed by atoms with Crippen molar-refractivity contribution in [3.63, 3.8) is 0 Å². The molecule has 36 heavy (non-hydrogen) atoms. The molecule has 10 nitrogen and oxygen atoms in total. The van der Waals surface area contributed by atoms with E-state index in [1.165, 1.54) is 23.5 Å². The number of hydrogen-bond acceptors (Lipinski definition) is 9. The van der Waals surface area contributed by atoms with Crippen LogP contribution in [0.2, 0.25) is 0 Å². The van der Waals surface area contributed by atoms with Crippen LogP contribution in [0.3, 0.4) is 0 Å². The molecule has 190 valence electrons. The standard InChI is InChI=1S/C24H27FN6O4S/c25-17-9-16(10-19(11-17)30-3-1-15(2-4-30)14-35-23(26)33)22(32)28-18-12-20-21(27-13-18)29-24(36-20)31-5-7-34-8-6-31/h9-13,15H,1-8,14H2,(H2,26,33)(H,28,32). The van der Waals surface area contributed by atoms with E-state index in [9.17, 15) is 14.0 Å². The lowest BCUT2D eigenvalue weighted by Gasteiger charge is -2.33. The monoisotopic (exact) mass is 514 g/mol. The maximum Gasteiger partial charge on any atom is 0.404 e. The van der Waals surface area contributed by atoms with Crippen LogP contribution in [0.1, 0.15) is 23.2 Å². The van der Waals surface area contributed by atoms with Gasteiger partial charge < -0.3 is 30.3 Å². The first-order valence-corrected chi connectivity index (χ1v) is 12.6. The third-order valence-corrected chi connectivity index (χ3v) is 7.41. The second-order valence-corrected chi connectivity index (χ2v) is 9.86. The number of nitrogens with zero attached hydrogens (tertiary/aromatic N) is 4. The quantitative estimate of drug-likeness (QED) is 0.514. The minimum atomic E-state index is -0.777. The molecule has 3 aromatic rings. The number of morpholine rings is 1. The summed E-state index contributed by atoms with van der Waals surface area (Å²) in [5, 5.41) is 3.71. The highest BCUT2D eigenvalue weighted by molar-refractivity contribution is 7.22. The van der Waals surface area contributed by atoms with E-state index in [0.717, 1.165) is 35.8 Å². The van der Waals surface area contributed by atoms with Gasteiger partial charge in [0.2, 0.25) is 0 Å². The number of carbonyl (C=O) groups excluding carboxylic acids is 2. The number of carbonyl (C=O) groups is 2. The molecule has 2 aliphatic heterocycles. The molecule has 2 aliphatic rings. The number of primary amides is 1. The number of pyridine rings is 1. The smallest absolute Gasteiger partial charge is 0.404 e. The lowest BCUT2D eigenvalue weighted by Crippen LogP contribution is -2.36. The summed E-state index contributed by atoms with van der Waals surface area (Å²) < 4.78 is 25.6. The van der Waals surface area contributed by atoms with Crippen molar-refractivity contribution < 1.29 is 23.5 Å². The van der Waals surface area contributed by atoms with Gasteiger partial charge in [0, 0.05) is 37.4 Å². The zero-order chi connectivity index (χ0) is 25.1. The summed E-state index contributed by atoms with van der Waals surface area (Å²) in [5.41, 5.74) is 7.05. The van der Waals surface area contributed by atoms with E-state index in [1.807, 2.05) is 11.0 Å².